The van der Waals surface area contributed by atoms with Gasteiger partial charge in [0.15, 0.2) is 5.13 Å². The summed E-state index contributed by atoms with van der Waals surface area (Å²) in [5.41, 5.74) is 4.19. The quantitative estimate of drug-likeness (QED) is 0.708. The third-order valence-electron chi connectivity index (χ3n) is 4.18. The van der Waals surface area contributed by atoms with Crippen LogP contribution in [0.4, 0.5) is 5.13 Å². The minimum atomic E-state index is -0.0621. The largest absolute Gasteiger partial charge is 0.494 e. The molecule has 0 saturated carbocycles. The van der Waals surface area contributed by atoms with Gasteiger partial charge in [-0.25, -0.2) is 4.98 Å². The van der Waals surface area contributed by atoms with E-state index in [4.69, 9.17) is 4.74 Å². The SMILES string of the molecule is COc1ccc(C)c2sc(NC(=O)Cc3ccc(C(C)C)cc3)nc12. The van der Waals surface area contributed by atoms with E-state index in [9.17, 15) is 4.79 Å². The van der Waals surface area contributed by atoms with Crippen LogP contribution in [0.1, 0.15) is 36.5 Å². The molecule has 130 valence electrons. The van der Waals surface area contributed by atoms with Gasteiger partial charge < -0.3 is 10.1 Å². The van der Waals surface area contributed by atoms with Crippen LogP contribution in [0, 0.1) is 6.92 Å². The lowest BCUT2D eigenvalue weighted by molar-refractivity contribution is -0.115. The van der Waals surface area contributed by atoms with Gasteiger partial charge in [-0.15, -0.1) is 0 Å². The number of anilines is 1. The molecule has 0 bridgehead atoms. The van der Waals surface area contributed by atoms with Crippen molar-refractivity contribution in [2.75, 3.05) is 12.4 Å². The van der Waals surface area contributed by atoms with Crippen molar-refractivity contribution >= 4 is 32.6 Å². The fourth-order valence-electron chi connectivity index (χ4n) is 2.70. The number of carbonyl (C=O) groups is 1. The van der Waals surface area contributed by atoms with Crippen LogP contribution in [0.3, 0.4) is 0 Å². The normalized spacial score (nSPS) is 11.1. The van der Waals surface area contributed by atoms with Crippen LogP contribution in [0.25, 0.3) is 10.2 Å². The molecule has 1 heterocycles. The van der Waals surface area contributed by atoms with Crippen LogP contribution in [0.2, 0.25) is 0 Å². The maximum absolute atomic E-state index is 12.3. The molecule has 3 rings (SSSR count). The van der Waals surface area contributed by atoms with E-state index in [-0.39, 0.29) is 5.91 Å². The Morgan fingerprint density at radius 2 is 1.92 bits per heavy atom. The van der Waals surface area contributed by atoms with E-state index in [0.29, 0.717) is 17.5 Å². The number of hydrogen-bond donors (Lipinski definition) is 1. The summed E-state index contributed by atoms with van der Waals surface area (Å²) in [7, 11) is 1.63. The predicted molar refractivity (Wildman–Crippen MR) is 104 cm³/mol. The highest BCUT2D eigenvalue weighted by Gasteiger charge is 2.13. The molecule has 0 unspecified atom stereocenters. The van der Waals surface area contributed by atoms with E-state index in [1.54, 1.807) is 7.11 Å². The van der Waals surface area contributed by atoms with Crippen molar-refractivity contribution in [2.24, 2.45) is 0 Å². The van der Waals surface area contributed by atoms with Gasteiger partial charge in [-0.05, 0) is 35.6 Å². The summed E-state index contributed by atoms with van der Waals surface area (Å²) in [6.45, 7) is 6.35. The lowest BCUT2D eigenvalue weighted by Gasteiger charge is -2.06. The highest BCUT2D eigenvalue weighted by molar-refractivity contribution is 7.22. The average Bonchev–Trinajstić information content (AvgIpc) is 3.00. The van der Waals surface area contributed by atoms with E-state index >= 15 is 0 Å². The van der Waals surface area contributed by atoms with Crippen LogP contribution >= 0.6 is 11.3 Å². The fourth-order valence-corrected chi connectivity index (χ4v) is 3.66. The van der Waals surface area contributed by atoms with Crippen molar-refractivity contribution in [1.29, 1.82) is 0 Å². The van der Waals surface area contributed by atoms with Crippen molar-refractivity contribution in [3.8, 4) is 5.75 Å². The first-order valence-electron chi connectivity index (χ1n) is 8.30. The monoisotopic (exact) mass is 354 g/mol. The number of ether oxygens (including phenoxy) is 1. The molecule has 0 spiro atoms. The van der Waals surface area contributed by atoms with Crippen LogP contribution in [-0.4, -0.2) is 18.0 Å². The standard InChI is InChI=1S/C20H22N2O2S/c1-12(2)15-8-6-14(7-9-15)11-17(23)21-20-22-18-16(24-4)10-5-13(3)19(18)25-20/h5-10,12H,11H2,1-4H3,(H,21,22,23). The molecule has 1 N–H and O–H groups in total. The smallest absolute Gasteiger partial charge is 0.230 e. The third kappa shape index (κ3) is 3.82. The minimum absolute atomic E-state index is 0.0621. The molecule has 0 fully saturated rings. The first kappa shape index (κ1) is 17.4. The van der Waals surface area contributed by atoms with Gasteiger partial charge >= 0.3 is 0 Å². The molecule has 0 saturated heterocycles. The molecule has 0 aliphatic heterocycles. The first-order valence-corrected chi connectivity index (χ1v) is 9.12. The summed E-state index contributed by atoms with van der Waals surface area (Å²) in [6.07, 6.45) is 0.338. The molecular weight excluding hydrogens is 332 g/mol. The second kappa shape index (κ2) is 7.23. The predicted octanol–water partition coefficient (Wildman–Crippen LogP) is 4.92. The van der Waals surface area contributed by atoms with Gasteiger partial charge in [0.05, 0.1) is 18.2 Å². The Hall–Kier alpha value is -2.40. The number of aryl methyl sites for hydroxylation is 1. The molecule has 4 nitrogen and oxygen atoms in total. The number of nitrogens with zero attached hydrogens (tertiary/aromatic N) is 1. The second-order valence-electron chi connectivity index (χ2n) is 6.40. The van der Waals surface area contributed by atoms with Crippen LogP contribution in [-0.2, 0) is 11.2 Å². The Morgan fingerprint density at radius 1 is 1.20 bits per heavy atom. The number of methoxy groups -OCH3 is 1. The topological polar surface area (TPSA) is 51.2 Å². The van der Waals surface area contributed by atoms with Gasteiger partial charge in [0.25, 0.3) is 0 Å². The number of nitrogens with one attached hydrogen (secondary N) is 1. The molecular formula is C20H22N2O2S. The zero-order chi connectivity index (χ0) is 18.0. The van der Waals surface area contributed by atoms with Gasteiger partial charge in [-0.1, -0.05) is 55.5 Å². The van der Waals surface area contributed by atoms with Gasteiger partial charge in [-0.3, -0.25) is 4.79 Å². The van der Waals surface area contributed by atoms with Gasteiger partial charge in [-0.2, -0.15) is 0 Å². The zero-order valence-corrected chi connectivity index (χ0v) is 15.7. The summed E-state index contributed by atoms with van der Waals surface area (Å²) >= 11 is 1.48. The molecule has 0 atom stereocenters. The molecule has 3 aromatic rings. The van der Waals surface area contributed by atoms with Crippen molar-refractivity contribution < 1.29 is 9.53 Å². The maximum Gasteiger partial charge on any atom is 0.230 e. The average molecular weight is 354 g/mol. The lowest BCUT2D eigenvalue weighted by atomic mass is 10.0. The third-order valence-corrected chi connectivity index (χ3v) is 5.29. The number of hydrogen-bond acceptors (Lipinski definition) is 4. The molecule has 0 aliphatic carbocycles. The Bertz CT molecular complexity index is 898. The van der Waals surface area contributed by atoms with Crippen molar-refractivity contribution in [2.45, 2.75) is 33.1 Å². The number of benzene rings is 2. The summed E-state index contributed by atoms with van der Waals surface area (Å²) in [5.74, 6) is 1.15. The van der Waals surface area contributed by atoms with E-state index in [2.05, 4.69) is 36.3 Å². The Labute approximate surface area is 151 Å². The number of rotatable bonds is 5. The fraction of sp³-hybridized carbons (Fsp3) is 0.300. The number of aromatic nitrogens is 1. The summed E-state index contributed by atoms with van der Waals surface area (Å²) < 4.78 is 6.40. The zero-order valence-electron chi connectivity index (χ0n) is 14.9. The molecule has 25 heavy (non-hydrogen) atoms. The maximum atomic E-state index is 12.3. The van der Waals surface area contributed by atoms with E-state index in [0.717, 1.165) is 27.1 Å². The highest BCUT2D eigenvalue weighted by Crippen LogP contribution is 2.34. The number of fused-ring (bicyclic) bond motifs is 1. The summed E-state index contributed by atoms with van der Waals surface area (Å²) in [4.78, 5) is 16.9. The molecule has 1 aromatic heterocycles. The molecule has 0 radical (unpaired) electrons. The van der Waals surface area contributed by atoms with Crippen molar-refractivity contribution in [3.63, 3.8) is 0 Å². The second-order valence-corrected chi connectivity index (χ2v) is 7.40. The van der Waals surface area contributed by atoms with Gasteiger partial charge in [0.1, 0.15) is 11.3 Å². The van der Waals surface area contributed by atoms with Gasteiger partial charge in [0, 0.05) is 0 Å². The molecule has 1 amide bonds. The molecule has 2 aromatic carbocycles. The van der Waals surface area contributed by atoms with Crippen LogP contribution < -0.4 is 10.1 Å². The van der Waals surface area contributed by atoms with E-state index in [1.807, 2.05) is 31.2 Å². The van der Waals surface area contributed by atoms with Gasteiger partial charge in [0.2, 0.25) is 5.91 Å². The van der Waals surface area contributed by atoms with Crippen LogP contribution in [0.15, 0.2) is 36.4 Å². The highest BCUT2D eigenvalue weighted by atomic mass is 32.1. The summed E-state index contributed by atoms with van der Waals surface area (Å²) in [6, 6.07) is 12.1. The van der Waals surface area contributed by atoms with E-state index < -0.39 is 0 Å². The molecule has 5 heteroatoms. The Morgan fingerprint density at radius 3 is 2.56 bits per heavy atom. The lowest BCUT2D eigenvalue weighted by Crippen LogP contribution is -2.14. The minimum Gasteiger partial charge on any atom is -0.494 e. The Kier molecular flexibility index (Phi) is 5.04. The van der Waals surface area contributed by atoms with Crippen LogP contribution in [0.5, 0.6) is 5.75 Å². The van der Waals surface area contributed by atoms with Crippen molar-refractivity contribution in [1.82, 2.24) is 4.98 Å². The van der Waals surface area contributed by atoms with E-state index in [1.165, 1.54) is 16.9 Å². The van der Waals surface area contributed by atoms with Crippen molar-refractivity contribution in [3.05, 3.63) is 53.1 Å². The number of thiazole rings is 1. The summed E-state index contributed by atoms with van der Waals surface area (Å²) in [5, 5.41) is 3.51. The molecule has 0 aliphatic rings. The first-order chi connectivity index (χ1) is 12.0. The Balaban J connectivity index is 1.74. The number of amides is 1. The number of carbonyl (C=O) groups excluding carboxylic acids is 1.